The predicted molar refractivity (Wildman–Crippen MR) is 138 cm³/mol. The molecule has 1 amide bonds. The maximum Gasteiger partial charge on any atom is 0.266 e. The number of thiophene rings is 1. The molecule has 0 unspecified atom stereocenters. The highest BCUT2D eigenvalue weighted by Crippen LogP contribution is 2.37. The molecule has 2 heterocycles. The number of amides is 1. The molecule has 33 heavy (non-hydrogen) atoms. The molecule has 5 rings (SSSR count). The molecule has 0 bridgehead atoms. The van der Waals surface area contributed by atoms with Crippen LogP contribution in [0.2, 0.25) is 5.02 Å². The van der Waals surface area contributed by atoms with Crippen LogP contribution < -0.4 is 0 Å². The zero-order valence-corrected chi connectivity index (χ0v) is 20.3. The minimum Gasteiger partial charge on any atom is -0.331 e. The fraction of sp³-hybridized carbons (Fsp3) is 0.286. The van der Waals surface area contributed by atoms with Crippen LogP contribution in [0.4, 0.5) is 0 Å². The van der Waals surface area contributed by atoms with Gasteiger partial charge in [0.25, 0.3) is 5.91 Å². The van der Waals surface area contributed by atoms with Crippen molar-refractivity contribution < 1.29 is 4.79 Å². The lowest BCUT2D eigenvalue weighted by molar-refractivity contribution is 0.0619. The van der Waals surface area contributed by atoms with Crippen molar-refractivity contribution >= 4 is 38.9 Å². The standard InChI is InChI=1S/C28H27ClN2OS/c1-19-16-22(14-15-30-19)21-9-7-8-20(17-21)18-31(23-10-3-2-4-11-23)28(32)27-26(29)24-12-5-6-13-25(24)33-27/h5-9,12-17,23H,2-4,10-11,18H2,1H3. The normalized spacial score (nSPS) is 14.5. The molecule has 3 nitrogen and oxygen atoms in total. The van der Waals surface area contributed by atoms with Crippen LogP contribution in [0.15, 0.2) is 66.9 Å². The number of benzene rings is 2. The Bertz CT molecular complexity index is 1290. The van der Waals surface area contributed by atoms with E-state index < -0.39 is 0 Å². The van der Waals surface area contributed by atoms with Gasteiger partial charge in [-0.05, 0) is 60.7 Å². The van der Waals surface area contributed by atoms with Crippen LogP contribution in [-0.4, -0.2) is 21.8 Å². The van der Waals surface area contributed by atoms with Gasteiger partial charge in [0.1, 0.15) is 4.88 Å². The molecule has 0 atom stereocenters. The Morgan fingerprint density at radius 3 is 2.61 bits per heavy atom. The number of carbonyl (C=O) groups excluding carboxylic acids is 1. The first-order chi connectivity index (χ1) is 16.1. The highest BCUT2D eigenvalue weighted by Gasteiger charge is 2.29. The number of nitrogens with zero attached hydrogens (tertiary/aromatic N) is 2. The summed E-state index contributed by atoms with van der Waals surface area (Å²) in [7, 11) is 0. The number of carbonyl (C=O) groups is 1. The molecule has 168 valence electrons. The Labute approximate surface area is 204 Å². The van der Waals surface area contributed by atoms with E-state index in [-0.39, 0.29) is 11.9 Å². The van der Waals surface area contributed by atoms with E-state index >= 15 is 0 Å². The molecule has 0 spiro atoms. The van der Waals surface area contributed by atoms with E-state index in [4.69, 9.17) is 11.6 Å². The quantitative estimate of drug-likeness (QED) is 0.294. The first-order valence-electron chi connectivity index (χ1n) is 11.6. The van der Waals surface area contributed by atoms with Gasteiger partial charge in [-0.1, -0.05) is 67.3 Å². The molecule has 0 radical (unpaired) electrons. The first kappa shape index (κ1) is 22.1. The number of halogens is 1. The van der Waals surface area contributed by atoms with Crippen LogP contribution in [0.1, 0.15) is 53.0 Å². The second kappa shape index (κ2) is 9.66. The molecule has 1 saturated carbocycles. The molecule has 0 saturated heterocycles. The molecule has 1 aliphatic rings. The van der Waals surface area contributed by atoms with Crippen LogP contribution in [0.5, 0.6) is 0 Å². The third-order valence-corrected chi connectivity index (χ3v) is 8.18. The number of aromatic nitrogens is 1. The Kier molecular flexibility index (Phi) is 6.48. The van der Waals surface area contributed by atoms with Gasteiger partial charge in [0.15, 0.2) is 0 Å². The van der Waals surface area contributed by atoms with Crippen LogP contribution in [0.3, 0.4) is 0 Å². The van der Waals surface area contributed by atoms with E-state index in [9.17, 15) is 4.79 Å². The van der Waals surface area contributed by atoms with Crippen LogP contribution >= 0.6 is 22.9 Å². The lowest BCUT2D eigenvalue weighted by Crippen LogP contribution is -2.40. The van der Waals surface area contributed by atoms with Gasteiger partial charge in [0.05, 0.1) is 5.02 Å². The third-order valence-electron chi connectivity index (χ3n) is 6.52. The molecule has 4 aromatic rings. The van der Waals surface area contributed by atoms with E-state index in [1.54, 1.807) is 0 Å². The summed E-state index contributed by atoms with van der Waals surface area (Å²) in [5.41, 5.74) is 4.43. The van der Waals surface area contributed by atoms with Gasteiger partial charge in [-0.25, -0.2) is 0 Å². The fourth-order valence-electron chi connectivity index (χ4n) is 4.81. The maximum absolute atomic E-state index is 13.9. The lowest BCUT2D eigenvalue weighted by Gasteiger charge is -2.34. The topological polar surface area (TPSA) is 33.2 Å². The number of aryl methyl sites for hydroxylation is 1. The van der Waals surface area contributed by atoms with E-state index in [0.717, 1.165) is 45.3 Å². The average molecular weight is 475 g/mol. The van der Waals surface area contributed by atoms with Crippen molar-refractivity contribution in [2.45, 2.75) is 51.6 Å². The molecule has 1 fully saturated rings. The molecular weight excluding hydrogens is 448 g/mol. The fourth-order valence-corrected chi connectivity index (χ4v) is 6.28. The van der Waals surface area contributed by atoms with Crippen molar-refractivity contribution in [2.24, 2.45) is 0 Å². The van der Waals surface area contributed by atoms with Gasteiger partial charge < -0.3 is 4.90 Å². The van der Waals surface area contributed by atoms with Gasteiger partial charge in [-0.2, -0.15) is 0 Å². The SMILES string of the molecule is Cc1cc(-c2cccc(CN(C(=O)c3sc4ccccc4c3Cl)C3CCCCC3)c2)ccn1. The maximum atomic E-state index is 13.9. The molecular formula is C28H27ClN2OS. The summed E-state index contributed by atoms with van der Waals surface area (Å²) in [5.74, 6) is 0.0539. The number of hydrogen-bond donors (Lipinski definition) is 0. The minimum atomic E-state index is 0.0539. The van der Waals surface area contributed by atoms with Gasteiger partial charge in [0, 0.05) is 34.6 Å². The van der Waals surface area contributed by atoms with E-state index in [1.807, 2.05) is 43.5 Å². The largest absolute Gasteiger partial charge is 0.331 e. The Morgan fingerprint density at radius 1 is 1.03 bits per heavy atom. The Morgan fingerprint density at radius 2 is 1.82 bits per heavy atom. The summed E-state index contributed by atoms with van der Waals surface area (Å²) in [4.78, 5) is 20.9. The van der Waals surface area contributed by atoms with E-state index in [0.29, 0.717) is 16.4 Å². The summed E-state index contributed by atoms with van der Waals surface area (Å²) in [5, 5.41) is 1.55. The van der Waals surface area contributed by atoms with Gasteiger partial charge >= 0.3 is 0 Å². The molecule has 2 aromatic carbocycles. The highest BCUT2D eigenvalue weighted by atomic mass is 35.5. The van der Waals surface area contributed by atoms with E-state index in [2.05, 4.69) is 40.2 Å². The molecule has 0 N–H and O–H groups in total. The average Bonchev–Trinajstić information content (AvgIpc) is 3.19. The Hall–Kier alpha value is -2.69. The van der Waals surface area contributed by atoms with Gasteiger partial charge in [-0.15, -0.1) is 11.3 Å². The zero-order chi connectivity index (χ0) is 22.8. The smallest absolute Gasteiger partial charge is 0.266 e. The van der Waals surface area contributed by atoms with Crippen molar-refractivity contribution in [3.8, 4) is 11.1 Å². The third kappa shape index (κ3) is 4.68. The van der Waals surface area contributed by atoms with Gasteiger partial charge in [0.2, 0.25) is 0 Å². The number of rotatable bonds is 5. The lowest BCUT2D eigenvalue weighted by atomic mass is 9.93. The van der Waals surface area contributed by atoms with Crippen molar-refractivity contribution in [3.63, 3.8) is 0 Å². The summed E-state index contributed by atoms with van der Waals surface area (Å²) in [6, 6.07) is 20.9. The second-order valence-electron chi connectivity index (χ2n) is 8.85. The highest BCUT2D eigenvalue weighted by molar-refractivity contribution is 7.21. The number of hydrogen-bond acceptors (Lipinski definition) is 3. The van der Waals surface area contributed by atoms with Crippen LogP contribution in [0.25, 0.3) is 21.2 Å². The molecule has 0 aliphatic heterocycles. The van der Waals surface area contributed by atoms with E-state index in [1.165, 1.54) is 30.6 Å². The van der Waals surface area contributed by atoms with Gasteiger partial charge in [-0.3, -0.25) is 9.78 Å². The summed E-state index contributed by atoms with van der Waals surface area (Å²) < 4.78 is 1.06. The molecule has 2 aromatic heterocycles. The number of pyridine rings is 1. The van der Waals surface area contributed by atoms with Crippen molar-refractivity contribution in [3.05, 3.63) is 88.0 Å². The van der Waals surface area contributed by atoms with Crippen molar-refractivity contribution in [2.75, 3.05) is 0 Å². The van der Waals surface area contributed by atoms with Crippen LogP contribution in [0, 0.1) is 6.92 Å². The van der Waals surface area contributed by atoms with Crippen LogP contribution in [-0.2, 0) is 6.54 Å². The predicted octanol–water partition coefficient (Wildman–Crippen LogP) is 7.90. The van der Waals surface area contributed by atoms with Crippen molar-refractivity contribution in [1.82, 2.24) is 9.88 Å². The molecule has 1 aliphatic carbocycles. The Balaban J connectivity index is 1.49. The summed E-state index contributed by atoms with van der Waals surface area (Å²) in [6.07, 6.45) is 7.54. The number of fused-ring (bicyclic) bond motifs is 1. The zero-order valence-electron chi connectivity index (χ0n) is 18.8. The first-order valence-corrected chi connectivity index (χ1v) is 12.8. The molecule has 5 heteroatoms. The monoisotopic (exact) mass is 474 g/mol. The van der Waals surface area contributed by atoms with Crippen molar-refractivity contribution in [1.29, 1.82) is 0 Å². The second-order valence-corrected chi connectivity index (χ2v) is 10.3. The minimum absolute atomic E-state index is 0.0539. The summed E-state index contributed by atoms with van der Waals surface area (Å²) in [6.45, 7) is 2.59. The summed E-state index contributed by atoms with van der Waals surface area (Å²) >= 11 is 8.22.